The van der Waals surface area contributed by atoms with Gasteiger partial charge < -0.3 is 10.7 Å². The maximum absolute atomic E-state index is 8.86. The molecule has 7 heteroatoms. The van der Waals surface area contributed by atoms with Gasteiger partial charge in [-0.2, -0.15) is 5.26 Å². The zero-order chi connectivity index (χ0) is 15.4. The molecule has 0 amide bonds. The van der Waals surface area contributed by atoms with E-state index in [4.69, 9.17) is 22.7 Å². The fourth-order valence-corrected chi connectivity index (χ4v) is 2.20. The molecule has 0 radical (unpaired) electrons. The Balaban J connectivity index is 2.43. The van der Waals surface area contributed by atoms with E-state index in [1.165, 1.54) is 6.33 Å². The van der Waals surface area contributed by atoms with Gasteiger partial charge in [0.25, 0.3) is 0 Å². The molecule has 2 aromatic rings. The number of hydrogen-bond acceptors (Lipinski definition) is 6. The van der Waals surface area contributed by atoms with Gasteiger partial charge in [-0.15, -0.1) is 0 Å². The van der Waals surface area contributed by atoms with Crippen molar-refractivity contribution >= 4 is 28.9 Å². The van der Waals surface area contributed by atoms with Crippen LogP contribution in [-0.4, -0.2) is 9.97 Å². The fourth-order valence-electron chi connectivity index (χ4n) is 1.97. The summed E-state index contributed by atoms with van der Waals surface area (Å²) in [5, 5.41) is 12.5. The van der Waals surface area contributed by atoms with E-state index in [0.717, 1.165) is 5.56 Å². The minimum absolute atomic E-state index is 0.164. The highest BCUT2D eigenvalue weighted by Gasteiger charge is 2.15. The summed E-state index contributed by atoms with van der Waals surface area (Å²) >= 11 is 6.17. The summed E-state index contributed by atoms with van der Waals surface area (Å²) in [7, 11) is 0. The zero-order valence-electron chi connectivity index (χ0n) is 11.7. The van der Waals surface area contributed by atoms with E-state index in [9.17, 15) is 0 Å². The van der Waals surface area contributed by atoms with Crippen molar-refractivity contribution in [2.24, 2.45) is 5.84 Å². The first-order chi connectivity index (χ1) is 10.1. The maximum atomic E-state index is 8.86. The lowest BCUT2D eigenvalue weighted by molar-refractivity contribution is 0.850. The minimum Gasteiger partial charge on any atom is -0.339 e. The molecule has 4 N–H and O–H groups in total. The highest BCUT2D eigenvalue weighted by molar-refractivity contribution is 6.33. The van der Waals surface area contributed by atoms with Crippen LogP contribution in [-0.2, 0) is 0 Å². The van der Waals surface area contributed by atoms with Crippen LogP contribution < -0.4 is 16.6 Å². The van der Waals surface area contributed by atoms with E-state index in [-0.39, 0.29) is 5.92 Å². The standard InChI is InChI=1S/C14H15ClN6/c1-8(2)12-13(18-7-19-14(12)21-17)20-11-4-3-9(6-16)5-10(11)15/h3-5,7-8H,17H2,1-2H3,(H2,18,19,20,21). The van der Waals surface area contributed by atoms with Crippen LogP contribution >= 0.6 is 11.6 Å². The van der Waals surface area contributed by atoms with Crippen molar-refractivity contribution in [3.8, 4) is 6.07 Å². The van der Waals surface area contributed by atoms with Gasteiger partial charge in [0.15, 0.2) is 0 Å². The topological polar surface area (TPSA) is 99.7 Å². The summed E-state index contributed by atoms with van der Waals surface area (Å²) in [5.41, 5.74) is 4.60. The van der Waals surface area contributed by atoms with Gasteiger partial charge in [-0.05, 0) is 24.1 Å². The Morgan fingerprint density at radius 1 is 1.29 bits per heavy atom. The number of aromatic nitrogens is 2. The van der Waals surface area contributed by atoms with Gasteiger partial charge in [0.05, 0.1) is 22.3 Å². The van der Waals surface area contributed by atoms with Crippen LogP contribution in [0.2, 0.25) is 5.02 Å². The smallest absolute Gasteiger partial charge is 0.148 e. The molecular formula is C14H15ClN6. The molecule has 0 aliphatic heterocycles. The monoisotopic (exact) mass is 302 g/mol. The third-order valence-electron chi connectivity index (χ3n) is 2.95. The number of nitrogen functional groups attached to an aromatic ring is 1. The summed E-state index contributed by atoms with van der Waals surface area (Å²) in [6.07, 6.45) is 1.42. The van der Waals surface area contributed by atoms with Crippen LogP contribution in [0.25, 0.3) is 0 Å². The van der Waals surface area contributed by atoms with Gasteiger partial charge in [-0.1, -0.05) is 25.4 Å². The minimum atomic E-state index is 0.164. The molecule has 0 spiro atoms. The number of benzene rings is 1. The Bertz CT molecular complexity index is 692. The molecule has 1 aromatic heterocycles. The highest BCUT2D eigenvalue weighted by atomic mass is 35.5. The van der Waals surface area contributed by atoms with Crippen molar-refractivity contribution in [1.82, 2.24) is 9.97 Å². The second kappa shape index (κ2) is 6.39. The van der Waals surface area contributed by atoms with E-state index < -0.39 is 0 Å². The molecule has 0 saturated carbocycles. The number of hydrogen-bond donors (Lipinski definition) is 3. The van der Waals surface area contributed by atoms with Crippen LogP contribution in [0.5, 0.6) is 0 Å². The van der Waals surface area contributed by atoms with E-state index >= 15 is 0 Å². The van der Waals surface area contributed by atoms with Crippen LogP contribution in [0.3, 0.4) is 0 Å². The van der Waals surface area contributed by atoms with Gasteiger partial charge in [0.1, 0.15) is 18.0 Å². The predicted molar refractivity (Wildman–Crippen MR) is 83.4 cm³/mol. The first-order valence-electron chi connectivity index (χ1n) is 6.35. The molecule has 0 fully saturated rings. The number of nitriles is 1. The fraction of sp³-hybridized carbons (Fsp3) is 0.214. The van der Waals surface area contributed by atoms with Gasteiger partial charge in [-0.3, -0.25) is 0 Å². The molecule has 2 rings (SSSR count). The van der Waals surface area contributed by atoms with Crippen LogP contribution in [0.1, 0.15) is 30.9 Å². The highest BCUT2D eigenvalue weighted by Crippen LogP contribution is 2.32. The lowest BCUT2D eigenvalue weighted by Crippen LogP contribution is -2.14. The number of nitrogens with zero attached hydrogens (tertiary/aromatic N) is 3. The SMILES string of the molecule is CC(C)c1c(NN)ncnc1Nc1ccc(C#N)cc1Cl. The van der Waals surface area contributed by atoms with Gasteiger partial charge in [0.2, 0.25) is 0 Å². The van der Waals surface area contributed by atoms with E-state index in [0.29, 0.717) is 27.9 Å². The molecule has 0 aliphatic carbocycles. The average molecular weight is 303 g/mol. The molecule has 108 valence electrons. The van der Waals surface area contributed by atoms with Gasteiger partial charge in [0, 0.05) is 5.56 Å². The van der Waals surface area contributed by atoms with Crippen molar-refractivity contribution < 1.29 is 0 Å². The Hall–Kier alpha value is -2.36. The molecule has 1 heterocycles. The molecule has 0 atom stereocenters. The Labute approximate surface area is 127 Å². The molecule has 0 saturated heterocycles. The lowest BCUT2D eigenvalue weighted by Gasteiger charge is -2.17. The summed E-state index contributed by atoms with van der Waals surface area (Å²) in [4.78, 5) is 8.35. The number of halogens is 1. The van der Waals surface area contributed by atoms with E-state index in [1.807, 2.05) is 19.9 Å². The summed E-state index contributed by atoms with van der Waals surface area (Å²) in [6.45, 7) is 4.04. The third-order valence-corrected chi connectivity index (χ3v) is 3.26. The van der Waals surface area contributed by atoms with E-state index in [1.54, 1.807) is 18.2 Å². The lowest BCUT2D eigenvalue weighted by atomic mass is 10.0. The number of anilines is 3. The van der Waals surface area contributed by atoms with Crippen LogP contribution in [0, 0.1) is 11.3 Å². The second-order valence-corrected chi connectivity index (χ2v) is 5.12. The van der Waals surface area contributed by atoms with Gasteiger partial charge in [-0.25, -0.2) is 15.8 Å². The molecule has 1 aromatic carbocycles. The Morgan fingerprint density at radius 3 is 2.57 bits per heavy atom. The largest absolute Gasteiger partial charge is 0.339 e. The molecular weight excluding hydrogens is 288 g/mol. The summed E-state index contributed by atoms with van der Waals surface area (Å²) < 4.78 is 0. The van der Waals surface area contributed by atoms with Crippen LogP contribution in [0.15, 0.2) is 24.5 Å². The number of hydrazine groups is 1. The molecule has 6 nitrogen and oxygen atoms in total. The van der Waals surface area contributed by atoms with E-state index in [2.05, 4.69) is 20.7 Å². The molecule has 0 unspecified atom stereocenters. The first kappa shape index (κ1) is 15.0. The van der Waals surface area contributed by atoms with Crippen molar-refractivity contribution in [2.45, 2.75) is 19.8 Å². The number of rotatable bonds is 4. The summed E-state index contributed by atoms with van der Waals surface area (Å²) in [5.74, 6) is 6.84. The Morgan fingerprint density at radius 2 is 2.00 bits per heavy atom. The first-order valence-corrected chi connectivity index (χ1v) is 6.72. The predicted octanol–water partition coefficient (Wildman–Crippen LogP) is 3.15. The van der Waals surface area contributed by atoms with Crippen LogP contribution in [0.4, 0.5) is 17.3 Å². The van der Waals surface area contributed by atoms with Crippen molar-refractivity contribution in [2.75, 3.05) is 10.7 Å². The Kier molecular flexibility index (Phi) is 4.58. The maximum Gasteiger partial charge on any atom is 0.148 e. The van der Waals surface area contributed by atoms with Crippen molar-refractivity contribution in [1.29, 1.82) is 5.26 Å². The zero-order valence-corrected chi connectivity index (χ0v) is 12.4. The molecule has 0 bridgehead atoms. The third kappa shape index (κ3) is 3.21. The quantitative estimate of drug-likeness (QED) is 0.592. The molecule has 21 heavy (non-hydrogen) atoms. The average Bonchev–Trinajstić information content (AvgIpc) is 2.48. The number of nitrogens with one attached hydrogen (secondary N) is 2. The summed E-state index contributed by atoms with van der Waals surface area (Å²) in [6, 6.07) is 7.07. The second-order valence-electron chi connectivity index (χ2n) is 4.72. The number of nitrogens with two attached hydrogens (primary N) is 1. The van der Waals surface area contributed by atoms with Crippen molar-refractivity contribution in [3.05, 3.63) is 40.7 Å². The molecule has 0 aliphatic rings. The normalized spacial score (nSPS) is 10.3. The van der Waals surface area contributed by atoms with Gasteiger partial charge >= 0.3 is 0 Å². The van der Waals surface area contributed by atoms with Crippen molar-refractivity contribution in [3.63, 3.8) is 0 Å².